The van der Waals surface area contributed by atoms with Gasteiger partial charge in [0.05, 0.1) is 22.1 Å². The molecule has 0 unspecified atom stereocenters. The molecule has 270 valence electrons. The smallest absolute Gasteiger partial charge is 0.263 e. The Kier molecular flexibility index (Phi) is 7.08. The van der Waals surface area contributed by atoms with Gasteiger partial charge in [0, 0.05) is 38.0 Å². The minimum absolute atomic E-state index is 0.0162. The van der Waals surface area contributed by atoms with Crippen molar-refractivity contribution in [1.82, 2.24) is 8.97 Å². The molecule has 0 saturated carbocycles. The van der Waals surface area contributed by atoms with Gasteiger partial charge >= 0.3 is 0 Å². The zero-order chi connectivity index (χ0) is 38.3. The van der Waals surface area contributed by atoms with Crippen LogP contribution in [0.25, 0.3) is 110 Å². The number of nitrogens with zero attached hydrogens (tertiary/aromatic N) is 2. The molecule has 3 heteroatoms. The SMILES string of the molecule is O=c1c2ccccc2c2cc(-c3cccc(-n4c5ccc(-c6ccccc6)cc5c5cc(-c6ccccc6)ccc54)c3)cc3c4cc(-c5ccccc5)ccc4n1c23. The second kappa shape index (κ2) is 12.6. The molecule has 0 saturated heterocycles. The Labute approximate surface area is 334 Å². The Bertz CT molecular complexity index is 3520. The van der Waals surface area contributed by atoms with Gasteiger partial charge in [-0.3, -0.25) is 9.20 Å². The molecule has 0 aliphatic heterocycles. The van der Waals surface area contributed by atoms with Crippen molar-refractivity contribution in [3.63, 3.8) is 0 Å². The van der Waals surface area contributed by atoms with Crippen molar-refractivity contribution in [2.45, 2.75) is 0 Å². The van der Waals surface area contributed by atoms with E-state index in [9.17, 15) is 4.79 Å². The zero-order valence-corrected chi connectivity index (χ0v) is 31.4. The molecule has 0 bridgehead atoms. The summed E-state index contributed by atoms with van der Waals surface area (Å²) in [6, 6.07) is 73.5. The number of hydrogen-bond donors (Lipinski definition) is 0. The summed E-state index contributed by atoms with van der Waals surface area (Å²) in [5.74, 6) is 0. The van der Waals surface area contributed by atoms with Gasteiger partial charge in [0.15, 0.2) is 0 Å². The van der Waals surface area contributed by atoms with Gasteiger partial charge in [0.2, 0.25) is 0 Å². The van der Waals surface area contributed by atoms with Gasteiger partial charge in [-0.05, 0) is 117 Å². The van der Waals surface area contributed by atoms with Gasteiger partial charge in [-0.25, -0.2) is 0 Å². The van der Waals surface area contributed by atoms with E-state index in [1.165, 1.54) is 33.0 Å². The lowest BCUT2D eigenvalue weighted by atomic mass is 9.96. The first-order valence-electron chi connectivity index (χ1n) is 19.8. The van der Waals surface area contributed by atoms with Crippen LogP contribution in [0.2, 0.25) is 0 Å². The molecule has 0 radical (unpaired) electrons. The number of fused-ring (bicyclic) bond motifs is 8. The van der Waals surface area contributed by atoms with E-state index < -0.39 is 0 Å². The van der Waals surface area contributed by atoms with Crippen molar-refractivity contribution < 1.29 is 0 Å². The summed E-state index contributed by atoms with van der Waals surface area (Å²) >= 11 is 0. The van der Waals surface area contributed by atoms with Crippen LogP contribution in [0.5, 0.6) is 0 Å². The minimum Gasteiger partial charge on any atom is -0.309 e. The van der Waals surface area contributed by atoms with Crippen molar-refractivity contribution in [2.75, 3.05) is 0 Å². The molecule has 3 nitrogen and oxygen atoms in total. The molecule has 12 rings (SSSR count). The van der Waals surface area contributed by atoms with E-state index in [0.717, 1.165) is 76.9 Å². The highest BCUT2D eigenvalue weighted by Crippen LogP contribution is 2.41. The van der Waals surface area contributed by atoms with Crippen LogP contribution in [-0.4, -0.2) is 8.97 Å². The first kappa shape index (κ1) is 32.5. The highest BCUT2D eigenvalue weighted by Gasteiger charge is 2.20. The standard InChI is InChI=1S/C55H34N2O/c58-55-45-22-11-10-21-44(45)49-33-42(34-50-48-32-41(37-17-8-3-9-18-37)25-28-53(48)57(55)54(49)50)38-19-12-20-43(29-38)56-51-26-23-39(35-13-4-1-5-14-35)30-46(51)47-31-40(24-27-52(47)56)36-15-6-2-7-16-36/h1-34H. The quantitative estimate of drug-likeness (QED) is 0.162. The Morgan fingerprint density at radius 2 is 0.690 bits per heavy atom. The first-order valence-corrected chi connectivity index (χ1v) is 19.8. The fourth-order valence-electron chi connectivity index (χ4n) is 9.31. The van der Waals surface area contributed by atoms with Crippen LogP contribution < -0.4 is 5.56 Å². The monoisotopic (exact) mass is 738 g/mol. The van der Waals surface area contributed by atoms with E-state index in [2.05, 4.69) is 187 Å². The summed E-state index contributed by atoms with van der Waals surface area (Å²) in [6.07, 6.45) is 0. The van der Waals surface area contributed by atoms with Crippen molar-refractivity contribution in [3.8, 4) is 50.2 Å². The molecule has 0 fully saturated rings. The Morgan fingerprint density at radius 3 is 1.24 bits per heavy atom. The zero-order valence-electron chi connectivity index (χ0n) is 31.4. The maximum Gasteiger partial charge on any atom is 0.263 e. The second-order valence-corrected chi connectivity index (χ2v) is 15.3. The van der Waals surface area contributed by atoms with Gasteiger partial charge in [0.1, 0.15) is 0 Å². The lowest BCUT2D eigenvalue weighted by Gasteiger charge is -2.13. The first-order chi connectivity index (χ1) is 28.7. The number of benzene rings is 9. The van der Waals surface area contributed by atoms with Gasteiger partial charge in [-0.1, -0.05) is 140 Å². The van der Waals surface area contributed by atoms with E-state index in [1.54, 1.807) is 0 Å². The fourth-order valence-corrected chi connectivity index (χ4v) is 9.31. The lowest BCUT2D eigenvalue weighted by Crippen LogP contribution is -2.12. The number of pyridine rings is 1. The number of hydrogen-bond acceptors (Lipinski definition) is 1. The summed E-state index contributed by atoms with van der Waals surface area (Å²) in [6.45, 7) is 0. The summed E-state index contributed by atoms with van der Waals surface area (Å²) < 4.78 is 4.34. The van der Waals surface area contributed by atoms with Gasteiger partial charge in [-0.2, -0.15) is 0 Å². The summed E-state index contributed by atoms with van der Waals surface area (Å²) in [5, 5.41) is 7.35. The average molecular weight is 739 g/mol. The third-order valence-electron chi connectivity index (χ3n) is 12.0. The molecule has 3 aromatic heterocycles. The Balaban J connectivity index is 1.10. The largest absolute Gasteiger partial charge is 0.309 e. The van der Waals surface area contributed by atoms with Crippen molar-refractivity contribution >= 4 is 59.8 Å². The van der Waals surface area contributed by atoms with Crippen LogP contribution in [0.3, 0.4) is 0 Å². The third kappa shape index (κ3) is 4.90. The number of rotatable bonds is 5. The van der Waals surface area contributed by atoms with Crippen LogP contribution in [0.1, 0.15) is 0 Å². The molecule has 0 N–H and O–H groups in total. The molecule has 0 atom stereocenters. The van der Waals surface area contributed by atoms with Crippen LogP contribution in [-0.2, 0) is 0 Å². The Morgan fingerprint density at radius 1 is 0.276 bits per heavy atom. The molecule has 9 aromatic carbocycles. The Hall–Kier alpha value is -7.75. The van der Waals surface area contributed by atoms with Crippen LogP contribution in [0.15, 0.2) is 211 Å². The molecular weight excluding hydrogens is 705 g/mol. The highest BCUT2D eigenvalue weighted by molar-refractivity contribution is 6.22. The van der Waals surface area contributed by atoms with Crippen molar-refractivity contribution in [3.05, 3.63) is 217 Å². The predicted molar refractivity (Wildman–Crippen MR) is 243 cm³/mol. The molecule has 0 amide bonds. The number of aromatic nitrogens is 2. The molecular formula is C55H34N2O. The summed E-state index contributed by atoms with van der Waals surface area (Å²) in [4.78, 5) is 14.2. The van der Waals surface area contributed by atoms with Crippen LogP contribution >= 0.6 is 0 Å². The second-order valence-electron chi connectivity index (χ2n) is 15.3. The fraction of sp³-hybridized carbons (Fsp3) is 0. The van der Waals surface area contributed by atoms with E-state index in [0.29, 0.717) is 0 Å². The molecule has 58 heavy (non-hydrogen) atoms. The minimum atomic E-state index is 0.0162. The average Bonchev–Trinajstić information content (AvgIpc) is 3.81. The van der Waals surface area contributed by atoms with Gasteiger partial charge < -0.3 is 4.57 Å². The van der Waals surface area contributed by atoms with E-state index >= 15 is 0 Å². The van der Waals surface area contributed by atoms with E-state index in [-0.39, 0.29) is 5.56 Å². The molecule has 0 aliphatic rings. The maximum atomic E-state index is 14.2. The molecule has 3 heterocycles. The molecule has 12 aromatic rings. The van der Waals surface area contributed by atoms with E-state index in [1.807, 2.05) is 28.7 Å². The summed E-state index contributed by atoms with van der Waals surface area (Å²) in [7, 11) is 0. The maximum absolute atomic E-state index is 14.2. The molecule has 0 aliphatic carbocycles. The van der Waals surface area contributed by atoms with Gasteiger partial charge in [-0.15, -0.1) is 0 Å². The van der Waals surface area contributed by atoms with Crippen molar-refractivity contribution in [1.29, 1.82) is 0 Å². The predicted octanol–water partition coefficient (Wildman–Crippen LogP) is 14.0. The van der Waals surface area contributed by atoms with Gasteiger partial charge in [0.25, 0.3) is 5.56 Å². The molecule has 0 spiro atoms. The lowest BCUT2D eigenvalue weighted by molar-refractivity contribution is 1.18. The highest BCUT2D eigenvalue weighted by atomic mass is 16.1. The normalized spacial score (nSPS) is 11.9. The van der Waals surface area contributed by atoms with E-state index in [4.69, 9.17) is 0 Å². The van der Waals surface area contributed by atoms with Crippen LogP contribution in [0, 0.1) is 0 Å². The summed E-state index contributed by atoms with van der Waals surface area (Å²) in [5.41, 5.74) is 14.6. The topological polar surface area (TPSA) is 26.4 Å². The third-order valence-corrected chi connectivity index (χ3v) is 12.0. The van der Waals surface area contributed by atoms with Crippen molar-refractivity contribution in [2.24, 2.45) is 0 Å². The van der Waals surface area contributed by atoms with Crippen LogP contribution in [0.4, 0.5) is 0 Å².